The minimum absolute atomic E-state index is 0.0348. The minimum Gasteiger partial charge on any atom is -0.378 e. The number of hydrogen-bond donors (Lipinski definition) is 1. The van der Waals surface area contributed by atoms with Crippen molar-refractivity contribution in [2.45, 2.75) is 38.5 Å². The number of carbonyl (C=O) groups excluding carboxylic acids is 2. The Balaban J connectivity index is 1.31. The van der Waals surface area contributed by atoms with E-state index in [1.165, 1.54) is 23.6 Å². The summed E-state index contributed by atoms with van der Waals surface area (Å²) in [5.41, 5.74) is 4.17. The Morgan fingerprint density at radius 3 is 2.50 bits per heavy atom. The number of aryl methyl sites for hydroxylation is 2. The number of Topliss-reactive ketones (excluding diaryl/α,β-unsaturated/α-hetero) is 1. The molecular formula is C24H27FN2O3. The minimum atomic E-state index is -0.375. The molecule has 0 atom stereocenters. The molecule has 2 aromatic carbocycles. The summed E-state index contributed by atoms with van der Waals surface area (Å²) in [5, 5.41) is 2.70. The smallest absolute Gasteiger partial charge is 0.224 e. The molecule has 0 saturated carbocycles. The Morgan fingerprint density at radius 2 is 1.73 bits per heavy atom. The molecule has 6 heteroatoms. The van der Waals surface area contributed by atoms with Crippen LogP contribution < -0.4 is 10.2 Å². The third-order valence-corrected chi connectivity index (χ3v) is 5.83. The number of anilines is 2. The molecule has 1 N–H and O–H groups in total. The highest BCUT2D eigenvalue weighted by Gasteiger charge is 2.17. The molecule has 0 unspecified atom stereocenters. The first-order chi connectivity index (χ1) is 14.6. The van der Waals surface area contributed by atoms with E-state index in [2.05, 4.69) is 5.32 Å². The second kappa shape index (κ2) is 9.39. The Labute approximate surface area is 176 Å². The number of morpholine rings is 1. The van der Waals surface area contributed by atoms with Crippen molar-refractivity contribution in [1.82, 2.24) is 0 Å². The SMILES string of the molecule is O=C(CCC(=O)c1ccc2c(c1)CCCC2)Nc1ccc(N2CCOCC2)c(F)c1. The summed E-state index contributed by atoms with van der Waals surface area (Å²) >= 11 is 0. The summed E-state index contributed by atoms with van der Waals surface area (Å²) in [7, 11) is 0. The molecule has 1 aliphatic carbocycles. The molecule has 1 heterocycles. The van der Waals surface area contributed by atoms with Crippen LogP contribution in [0.5, 0.6) is 0 Å². The molecule has 1 aliphatic heterocycles. The quantitative estimate of drug-likeness (QED) is 0.727. The van der Waals surface area contributed by atoms with Crippen LogP contribution in [0.1, 0.15) is 47.2 Å². The summed E-state index contributed by atoms with van der Waals surface area (Å²) in [6, 6.07) is 10.6. The van der Waals surface area contributed by atoms with Gasteiger partial charge in [0.05, 0.1) is 18.9 Å². The summed E-state index contributed by atoms with van der Waals surface area (Å²) in [6.45, 7) is 2.45. The van der Waals surface area contributed by atoms with E-state index >= 15 is 0 Å². The molecule has 0 radical (unpaired) electrons. The molecule has 5 nitrogen and oxygen atoms in total. The van der Waals surface area contributed by atoms with Crippen LogP contribution in [0.25, 0.3) is 0 Å². The lowest BCUT2D eigenvalue weighted by Gasteiger charge is -2.29. The van der Waals surface area contributed by atoms with Crippen molar-refractivity contribution in [2.24, 2.45) is 0 Å². The number of nitrogens with one attached hydrogen (secondary N) is 1. The highest BCUT2D eigenvalue weighted by molar-refractivity contribution is 6.00. The van der Waals surface area contributed by atoms with Crippen LogP contribution in [0.15, 0.2) is 36.4 Å². The van der Waals surface area contributed by atoms with Gasteiger partial charge in [0.15, 0.2) is 5.78 Å². The standard InChI is InChI=1S/C24H27FN2O3/c25-21-16-20(7-8-22(21)27-11-13-30-14-12-27)26-24(29)10-9-23(28)19-6-5-17-3-1-2-4-18(17)15-19/h5-8,15-16H,1-4,9-14H2,(H,26,29). The van der Waals surface area contributed by atoms with Crippen molar-refractivity contribution in [3.63, 3.8) is 0 Å². The summed E-state index contributed by atoms with van der Waals surface area (Å²) in [6.07, 6.45) is 4.67. The number of hydrogen-bond acceptors (Lipinski definition) is 4. The van der Waals surface area contributed by atoms with Gasteiger partial charge in [0, 0.05) is 37.2 Å². The fraction of sp³-hybridized carbons (Fsp3) is 0.417. The van der Waals surface area contributed by atoms with Crippen LogP contribution in [0, 0.1) is 5.82 Å². The van der Waals surface area contributed by atoms with Crippen molar-refractivity contribution < 1.29 is 18.7 Å². The molecule has 0 spiro atoms. The van der Waals surface area contributed by atoms with Gasteiger partial charge in [-0.15, -0.1) is 0 Å². The first-order valence-corrected chi connectivity index (χ1v) is 10.7. The zero-order valence-electron chi connectivity index (χ0n) is 17.1. The fourth-order valence-electron chi connectivity index (χ4n) is 4.15. The molecule has 2 aromatic rings. The largest absolute Gasteiger partial charge is 0.378 e. The fourth-order valence-corrected chi connectivity index (χ4v) is 4.15. The van der Waals surface area contributed by atoms with Crippen molar-refractivity contribution in [3.05, 3.63) is 58.9 Å². The first kappa shape index (κ1) is 20.5. The van der Waals surface area contributed by atoms with Crippen molar-refractivity contribution >= 4 is 23.1 Å². The number of rotatable bonds is 6. The van der Waals surface area contributed by atoms with E-state index in [0.717, 1.165) is 19.3 Å². The van der Waals surface area contributed by atoms with E-state index in [0.29, 0.717) is 43.2 Å². The molecule has 1 saturated heterocycles. The number of nitrogens with zero attached hydrogens (tertiary/aromatic N) is 1. The van der Waals surface area contributed by atoms with Crippen molar-refractivity contribution in [3.8, 4) is 0 Å². The van der Waals surface area contributed by atoms with E-state index in [9.17, 15) is 14.0 Å². The topological polar surface area (TPSA) is 58.6 Å². The average molecular weight is 410 g/mol. The van der Waals surface area contributed by atoms with Crippen LogP contribution in [-0.4, -0.2) is 38.0 Å². The molecule has 30 heavy (non-hydrogen) atoms. The monoisotopic (exact) mass is 410 g/mol. The van der Waals surface area contributed by atoms with Gasteiger partial charge >= 0.3 is 0 Å². The lowest BCUT2D eigenvalue weighted by molar-refractivity contribution is -0.116. The normalized spacial score (nSPS) is 16.1. The summed E-state index contributed by atoms with van der Waals surface area (Å²) in [4.78, 5) is 26.7. The van der Waals surface area contributed by atoms with Gasteiger partial charge in [-0.2, -0.15) is 0 Å². The second-order valence-electron chi connectivity index (χ2n) is 7.93. The van der Waals surface area contributed by atoms with Crippen molar-refractivity contribution in [2.75, 3.05) is 36.5 Å². The van der Waals surface area contributed by atoms with E-state index < -0.39 is 0 Å². The molecule has 2 aliphatic rings. The van der Waals surface area contributed by atoms with E-state index in [1.807, 2.05) is 23.1 Å². The zero-order chi connectivity index (χ0) is 20.9. The van der Waals surface area contributed by atoms with Gasteiger partial charge in [-0.3, -0.25) is 9.59 Å². The van der Waals surface area contributed by atoms with Gasteiger partial charge < -0.3 is 15.0 Å². The zero-order valence-corrected chi connectivity index (χ0v) is 17.1. The van der Waals surface area contributed by atoms with Crippen LogP contribution in [0.4, 0.5) is 15.8 Å². The van der Waals surface area contributed by atoms with E-state index in [-0.39, 0.29) is 30.3 Å². The molecule has 4 rings (SSSR count). The molecule has 158 valence electrons. The Bertz CT molecular complexity index is 938. The van der Waals surface area contributed by atoms with Crippen LogP contribution in [0.2, 0.25) is 0 Å². The predicted molar refractivity (Wildman–Crippen MR) is 115 cm³/mol. The Kier molecular flexibility index (Phi) is 6.43. The summed E-state index contributed by atoms with van der Waals surface area (Å²) < 4.78 is 19.8. The van der Waals surface area contributed by atoms with Gasteiger partial charge in [0.1, 0.15) is 5.82 Å². The molecule has 0 aromatic heterocycles. The molecular weight excluding hydrogens is 383 g/mol. The van der Waals surface area contributed by atoms with Gasteiger partial charge in [-0.25, -0.2) is 4.39 Å². The Hall–Kier alpha value is -2.73. The molecule has 1 fully saturated rings. The van der Waals surface area contributed by atoms with Gasteiger partial charge in [-0.05, 0) is 61.1 Å². The van der Waals surface area contributed by atoms with E-state index in [1.54, 1.807) is 12.1 Å². The third kappa shape index (κ3) is 4.87. The number of ketones is 1. The molecule has 0 bridgehead atoms. The highest BCUT2D eigenvalue weighted by atomic mass is 19.1. The number of halogens is 1. The van der Waals surface area contributed by atoms with Gasteiger partial charge in [0.25, 0.3) is 0 Å². The van der Waals surface area contributed by atoms with Crippen molar-refractivity contribution in [1.29, 1.82) is 0 Å². The highest BCUT2D eigenvalue weighted by Crippen LogP contribution is 2.25. The van der Waals surface area contributed by atoms with Gasteiger partial charge in [0.2, 0.25) is 5.91 Å². The lowest BCUT2D eigenvalue weighted by Crippen LogP contribution is -2.36. The molecule has 1 amide bonds. The average Bonchev–Trinajstić information content (AvgIpc) is 2.78. The van der Waals surface area contributed by atoms with Crippen LogP contribution >= 0.6 is 0 Å². The maximum Gasteiger partial charge on any atom is 0.224 e. The van der Waals surface area contributed by atoms with E-state index in [4.69, 9.17) is 4.74 Å². The third-order valence-electron chi connectivity index (χ3n) is 5.83. The Morgan fingerprint density at radius 1 is 0.967 bits per heavy atom. The lowest BCUT2D eigenvalue weighted by atomic mass is 9.89. The van der Waals surface area contributed by atoms with Crippen LogP contribution in [0.3, 0.4) is 0 Å². The number of benzene rings is 2. The number of carbonyl (C=O) groups is 2. The number of ether oxygens (including phenoxy) is 1. The maximum absolute atomic E-state index is 14.5. The van der Waals surface area contributed by atoms with Crippen LogP contribution in [-0.2, 0) is 22.4 Å². The van der Waals surface area contributed by atoms with Gasteiger partial charge in [-0.1, -0.05) is 12.1 Å². The second-order valence-corrected chi connectivity index (χ2v) is 7.93. The first-order valence-electron chi connectivity index (χ1n) is 10.7. The predicted octanol–water partition coefficient (Wildman–Crippen LogP) is 4.14. The number of fused-ring (bicyclic) bond motifs is 1. The summed E-state index contributed by atoms with van der Waals surface area (Å²) in [5.74, 6) is -0.702. The maximum atomic E-state index is 14.5. The number of amides is 1.